The fourth-order valence-corrected chi connectivity index (χ4v) is 1.86. The van der Waals surface area contributed by atoms with Gasteiger partial charge in [-0.05, 0) is 32.3 Å². The molecular formula is C18H27NO2. The van der Waals surface area contributed by atoms with E-state index in [-0.39, 0.29) is 12.1 Å². The number of hydrogen-bond donors (Lipinski definition) is 1. The maximum atomic E-state index is 11.9. The van der Waals surface area contributed by atoms with E-state index in [4.69, 9.17) is 4.74 Å². The Morgan fingerprint density at radius 1 is 1.29 bits per heavy atom. The molecule has 0 spiro atoms. The number of ether oxygens (including phenoxy) is 1. The van der Waals surface area contributed by atoms with Crippen molar-refractivity contribution in [3.8, 4) is 0 Å². The van der Waals surface area contributed by atoms with Gasteiger partial charge in [-0.2, -0.15) is 0 Å². The summed E-state index contributed by atoms with van der Waals surface area (Å²) < 4.78 is 5.33. The standard InChI is InChI=1S/C18H27NO2/c1-6-14(2)16(19-17(20)21-18(3,4)5)13-12-15-10-8-7-9-11-15/h7-14,16H,6H2,1-5H3,(H,19,20)/b13-12+. The molecule has 0 aromatic heterocycles. The third-order valence-corrected chi connectivity index (χ3v) is 3.24. The molecule has 0 radical (unpaired) electrons. The number of carbonyl (C=O) groups excluding carboxylic acids is 1. The van der Waals surface area contributed by atoms with Crippen molar-refractivity contribution in [2.45, 2.75) is 52.7 Å². The molecule has 0 aliphatic heterocycles. The van der Waals surface area contributed by atoms with Gasteiger partial charge in [0.05, 0.1) is 6.04 Å². The zero-order chi connectivity index (χ0) is 15.9. The smallest absolute Gasteiger partial charge is 0.408 e. The van der Waals surface area contributed by atoms with E-state index in [1.165, 1.54) is 0 Å². The summed E-state index contributed by atoms with van der Waals surface area (Å²) in [7, 11) is 0. The van der Waals surface area contributed by atoms with E-state index in [1.807, 2.05) is 63.3 Å². The Morgan fingerprint density at radius 3 is 2.43 bits per heavy atom. The third kappa shape index (κ3) is 6.98. The van der Waals surface area contributed by atoms with Crippen LogP contribution in [0.2, 0.25) is 0 Å². The molecule has 1 amide bonds. The Balaban J connectivity index is 2.73. The van der Waals surface area contributed by atoms with Gasteiger partial charge in [0.25, 0.3) is 0 Å². The van der Waals surface area contributed by atoms with E-state index >= 15 is 0 Å². The molecular weight excluding hydrogens is 262 g/mol. The number of rotatable bonds is 5. The normalized spacial score (nSPS) is 14.7. The maximum Gasteiger partial charge on any atom is 0.408 e. The second kappa shape index (κ2) is 7.87. The van der Waals surface area contributed by atoms with Crippen LogP contribution in [0.5, 0.6) is 0 Å². The molecule has 3 nitrogen and oxygen atoms in total. The van der Waals surface area contributed by atoms with Crippen molar-refractivity contribution < 1.29 is 9.53 Å². The van der Waals surface area contributed by atoms with E-state index < -0.39 is 5.60 Å². The van der Waals surface area contributed by atoms with Crippen molar-refractivity contribution in [2.75, 3.05) is 0 Å². The van der Waals surface area contributed by atoms with Crippen molar-refractivity contribution in [1.29, 1.82) is 0 Å². The molecule has 1 rings (SSSR count). The number of alkyl carbamates (subject to hydrolysis) is 1. The Bertz CT molecular complexity index is 460. The highest BCUT2D eigenvalue weighted by Crippen LogP contribution is 2.13. The molecule has 1 aromatic rings. The predicted molar refractivity (Wildman–Crippen MR) is 88.1 cm³/mol. The molecule has 0 aliphatic rings. The lowest BCUT2D eigenvalue weighted by molar-refractivity contribution is 0.0502. The first-order valence-corrected chi connectivity index (χ1v) is 7.54. The van der Waals surface area contributed by atoms with Gasteiger partial charge in [0.15, 0.2) is 0 Å². The molecule has 116 valence electrons. The van der Waals surface area contributed by atoms with Gasteiger partial charge in [0.1, 0.15) is 5.60 Å². The first-order chi connectivity index (χ1) is 9.81. The van der Waals surface area contributed by atoms with Crippen molar-refractivity contribution in [3.05, 3.63) is 42.0 Å². The van der Waals surface area contributed by atoms with E-state index in [0.717, 1.165) is 12.0 Å². The van der Waals surface area contributed by atoms with Gasteiger partial charge in [0.2, 0.25) is 0 Å². The molecule has 0 fully saturated rings. The molecule has 2 unspecified atom stereocenters. The van der Waals surface area contributed by atoms with Crippen LogP contribution in [0.1, 0.15) is 46.6 Å². The SMILES string of the molecule is CCC(C)C(/C=C/c1ccccc1)NC(=O)OC(C)(C)C. The lowest BCUT2D eigenvalue weighted by Gasteiger charge is -2.25. The van der Waals surface area contributed by atoms with Crippen LogP contribution < -0.4 is 5.32 Å². The summed E-state index contributed by atoms with van der Waals surface area (Å²) in [5, 5.41) is 2.95. The van der Waals surface area contributed by atoms with Crippen molar-refractivity contribution in [1.82, 2.24) is 5.32 Å². The number of nitrogens with one attached hydrogen (secondary N) is 1. The first kappa shape index (κ1) is 17.3. The van der Waals surface area contributed by atoms with Crippen LogP contribution in [-0.2, 0) is 4.74 Å². The average Bonchev–Trinajstić information content (AvgIpc) is 2.41. The Labute approximate surface area is 128 Å². The van der Waals surface area contributed by atoms with Crippen LogP contribution in [0.15, 0.2) is 36.4 Å². The molecule has 1 N–H and O–H groups in total. The van der Waals surface area contributed by atoms with Gasteiger partial charge in [-0.3, -0.25) is 0 Å². The molecule has 0 aliphatic carbocycles. The van der Waals surface area contributed by atoms with Gasteiger partial charge in [-0.15, -0.1) is 0 Å². The summed E-state index contributed by atoms with van der Waals surface area (Å²) >= 11 is 0. The summed E-state index contributed by atoms with van der Waals surface area (Å²) in [5.74, 6) is 0.345. The zero-order valence-corrected chi connectivity index (χ0v) is 13.7. The molecule has 21 heavy (non-hydrogen) atoms. The minimum atomic E-state index is -0.479. The summed E-state index contributed by atoms with van der Waals surface area (Å²) in [6.07, 6.45) is 4.69. The monoisotopic (exact) mass is 289 g/mol. The van der Waals surface area contributed by atoms with Crippen LogP contribution in [0.4, 0.5) is 4.79 Å². The summed E-state index contributed by atoms with van der Waals surface area (Å²) in [6, 6.07) is 10.0. The molecule has 0 saturated heterocycles. The molecule has 2 atom stereocenters. The van der Waals surface area contributed by atoms with Gasteiger partial charge in [-0.25, -0.2) is 4.79 Å². The van der Waals surface area contributed by atoms with E-state index in [1.54, 1.807) is 0 Å². The maximum absolute atomic E-state index is 11.9. The number of benzene rings is 1. The number of amides is 1. The Morgan fingerprint density at radius 2 is 1.90 bits per heavy atom. The largest absolute Gasteiger partial charge is 0.444 e. The van der Waals surface area contributed by atoms with Crippen LogP contribution in [0.3, 0.4) is 0 Å². The molecule has 0 heterocycles. The van der Waals surface area contributed by atoms with Crippen LogP contribution in [0.25, 0.3) is 6.08 Å². The third-order valence-electron chi connectivity index (χ3n) is 3.24. The van der Waals surface area contributed by atoms with Gasteiger partial charge in [0, 0.05) is 0 Å². The van der Waals surface area contributed by atoms with Crippen LogP contribution >= 0.6 is 0 Å². The summed E-state index contributed by atoms with van der Waals surface area (Å²) in [6.45, 7) is 9.84. The highest BCUT2D eigenvalue weighted by atomic mass is 16.6. The molecule has 0 saturated carbocycles. The average molecular weight is 289 g/mol. The first-order valence-electron chi connectivity index (χ1n) is 7.54. The molecule has 3 heteroatoms. The molecule has 1 aromatic carbocycles. The minimum absolute atomic E-state index is 0.0370. The highest BCUT2D eigenvalue weighted by molar-refractivity contribution is 5.68. The minimum Gasteiger partial charge on any atom is -0.444 e. The quantitative estimate of drug-likeness (QED) is 0.857. The lowest BCUT2D eigenvalue weighted by Crippen LogP contribution is -2.41. The Kier molecular flexibility index (Phi) is 6.47. The second-order valence-electron chi connectivity index (χ2n) is 6.33. The predicted octanol–water partition coefficient (Wildman–Crippen LogP) is 4.64. The van der Waals surface area contributed by atoms with E-state index in [0.29, 0.717) is 5.92 Å². The van der Waals surface area contributed by atoms with Crippen molar-refractivity contribution in [3.63, 3.8) is 0 Å². The fourth-order valence-electron chi connectivity index (χ4n) is 1.86. The zero-order valence-electron chi connectivity index (χ0n) is 13.7. The number of hydrogen-bond acceptors (Lipinski definition) is 2. The van der Waals surface area contributed by atoms with Crippen molar-refractivity contribution >= 4 is 12.2 Å². The summed E-state index contributed by atoms with van der Waals surface area (Å²) in [5.41, 5.74) is 0.643. The van der Waals surface area contributed by atoms with Gasteiger partial charge in [-0.1, -0.05) is 62.8 Å². The van der Waals surface area contributed by atoms with E-state index in [9.17, 15) is 4.79 Å². The summed E-state index contributed by atoms with van der Waals surface area (Å²) in [4.78, 5) is 11.9. The highest BCUT2D eigenvalue weighted by Gasteiger charge is 2.20. The van der Waals surface area contributed by atoms with Gasteiger partial charge < -0.3 is 10.1 Å². The van der Waals surface area contributed by atoms with Crippen LogP contribution in [0, 0.1) is 5.92 Å². The van der Waals surface area contributed by atoms with E-state index in [2.05, 4.69) is 19.2 Å². The topological polar surface area (TPSA) is 38.3 Å². The van der Waals surface area contributed by atoms with Crippen LogP contribution in [-0.4, -0.2) is 17.7 Å². The fraction of sp³-hybridized carbons (Fsp3) is 0.500. The lowest BCUT2D eigenvalue weighted by atomic mass is 9.98. The van der Waals surface area contributed by atoms with Crippen molar-refractivity contribution in [2.24, 2.45) is 5.92 Å². The second-order valence-corrected chi connectivity index (χ2v) is 6.33. The molecule has 0 bridgehead atoms. The number of carbonyl (C=O) groups is 1. The van der Waals surface area contributed by atoms with Gasteiger partial charge >= 0.3 is 6.09 Å². The Hall–Kier alpha value is -1.77.